The molecule has 0 saturated heterocycles. The van der Waals surface area contributed by atoms with E-state index in [9.17, 15) is 24.5 Å². The summed E-state index contributed by atoms with van der Waals surface area (Å²) in [4.78, 5) is 47.4. The minimum atomic E-state index is -1.53. The van der Waals surface area contributed by atoms with Gasteiger partial charge in [0.1, 0.15) is 0 Å². The highest BCUT2D eigenvalue weighted by molar-refractivity contribution is 6.02. The van der Waals surface area contributed by atoms with Crippen LogP contribution in [0.1, 0.15) is 26.3 Å². The molecule has 0 radical (unpaired) electrons. The molecular weight excluding hydrogens is 332 g/mol. The molecule has 0 saturated carbocycles. The molecule has 0 aromatic heterocycles. The van der Waals surface area contributed by atoms with Crippen molar-refractivity contribution in [3.05, 3.63) is 39.9 Å². The Bertz CT molecular complexity index is 624. The number of ether oxygens (including phenoxy) is 2. The van der Waals surface area contributed by atoms with Crippen molar-refractivity contribution in [1.82, 2.24) is 4.90 Å². The maximum absolute atomic E-state index is 12.1. The Morgan fingerprint density at radius 1 is 1.08 bits per heavy atom. The summed E-state index contributed by atoms with van der Waals surface area (Å²) >= 11 is 0. The van der Waals surface area contributed by atoms with Crippen LogP contribution in [0.2, 0.25) is 0 Å². The lowest BCUT2D eigenvalue weighted by molar-refractivity contribution is -0.384. The summed E-state index contributed by atoms with van der Waals surface area (Å²) in [5, 5.41) is 10.7. The number of nitrogens with zero attached hydrogens (tertiary/aromatic N) is 2. The van der Waals surface area contributed by atoms with Crippen LogP contribution >= 0.6 is 0 Å². The minimum absolute atomic E-state index is 0.0397. The summed E-state index contributed by atoms with van der Waals surface area (Å²) in [5.74, 6) is -2.32. The smallest absolute Gasteiger partial charge is 0.340 e. The molecular formula is C16H20N2O7. The van der Waals surface area contributed by atoms with Crippen LogP contribution in [0.15, 0.2) is 24.3 Å². The fourth-order valence-electron chi connectivity index (χ4n) is 2.10. The first-order valence-corrected chi connectivity index (χ1v) is 7.65. The molecule has 9 nitrogen and oxygen atoms in total. The van der Waals surface area contributed by atoms with E-state index in [1.54, 1.807) is 13.8 Å². The molecule has 0 fully saturated rings. The number of rotatable bonds is 8. The van der Waals surface area contributed by atoms with Crippen LogP contribution in [0.4, 0.5) is 5.69 Å². The number of nitro groups is 1. The molecule has 0 aliphatic carbocycles. The van der Waals surface area contributed by atoms with E-state index in [-0.39, 0.29) is 25.4 Å². The third kappa shape index (κ3) is 5.55. The van der Waals surface area contributed by atoms with E-state index in [0.29, 0.717) is 5.56 Å². The predicted octanol–water partition coefficient (Wildman–Crippen LogP) is 1.44. The van der Waals surface area contributed by atoms with Crippen LogP contribution in [-0.4, -0.2) is 46.9 Å². The zero-order valence-corrected chi connectivity index (χ0v) is 14.3. The molecule has 0 heterocycles. The lowest BCUT2D eigenvalue weighted by Crippen LogP contribution is -2.50. The van der Waals surface area contributed by atoms with Gasteiger partial charge in [-0.1, -0.05) is 12.1 Å². The zero-order valence-electron chi connectivity index (χ0n) is 14.3. The quantitative estimate of drug-likeness (QED) is 0.301. The summed E-state index contributed by atoms with van der Waals surface area (Å²) in [7, 11) is 0. The zero-order chi connectivity index (χ0) is 19.0. The highest BCUT2D eigenvalue weighted by Gasteiger charge is 2.37. The molecule has 1 aromatic rings. The van der Waals surface area contributed by atoms with E-state index in [1.807, 2.05) is 0 Å². The lowest BCUT2D eigenvalue weighted by atomic mass is 10.1. The van der Waals surface area contributed by atoms with Gasteiger partial charge >= 0.3 is 11.9 Å². The van der Waals surface area contributed by atoms with Gasteiger partial charge in [0.15, 0.2) is 0 Å². The molecule has 0 aliphatic heterocycles. The van der Waals surface area contributed by atoms with Gasteiger partial charge in [-0.25, -0.2) is 9.59 Å². The van der Waals surface area contributed by atoms with Crippen LogP contribution in [0, 0.1) is 10.1 Å². The largest absolute Gasteiger partial charge is 0.464 e. The van der Waals surface area contributed by atoms with Gasteiger partial charge in [0.25, 0.3) is 5.69 Å². The average molecular weight is 352 g/mol. The molecule has 1 aromatic carbocycles. The Balaban J connectivity index is 3.11. The van der Waals surface area contributed by atoms with E-state index >= 15 is 0 Å². The van der Waals surface area contributed by atoms with Crippen molar-refractivity contribution in [1.29, 1.82) is 0 Å². The van der Waals surface area contributed by atoms with E-state index in [2.05, 4.69) is 0 Å². The SMILES string of the molecule is CCOC(=O)C(C(=O)OCC)N(Cc1ccc([N+](=O)[O-])cc1)C(C)=O. The monoisotopic (exact) mass is 352 g/mol. The molecule has 25 heavy (non-hydrogen) atoms. The number of esters is 2. The first-order valence-electron chi connectivity index (χ1n) is 7.65. The second-order valence-corrected chi connectivity index (χ2v) is 4.98. The van der Waals surface area contributed by atoms with Crippen molar-refractivity contribution in [3.63, 3.8) is 0 Å². The second-order valence-electron chi connectivity index (χ2n) is 4.98. The van der Waals surface area contributed by atoms with Crippen LogP contribution in [0.25, 0.3) is 0 Å². The van der Waals surface area contributed by atoms with E-state index in [4.69, 9.17) is 9.47 Å². The van der Waals surface area contributed by atoms with Gasteiger partial charge in [0.05, 0.1) is 18.1 Å². The summed E-state index contributed by atoms with van der Waals surface area (Å²) in [6.07, 6.45) is 0. The second kappa shape index (κ2) is 9.36. The Morgan fingerprint density at radius 3 is 1.92 bits per heavy atom. The Kier molecular flexibility index (Phi) is 7.51. The van der Waals surface area contributed by atoms with Crippen LogP contribution in [-0.2, 0) is 30.4 Å². The number of non-ortho nitro benzene ring substituents is 1. The Labute approximate surface area is 144 Å². The molecule has 9 heteroatoms. The standard InChI is InChI=1S/C16H20N2O7/c1-4-24-15(20)14(16(21)25-5-2)17(11(3)19)10-12-6-8-13(9-7-12)18(22)23/h6-9,14H,4-5,10H2,1-3H3. The summed E-state index contributed by atoms with van der Waals surface area (Å²) in [6.45, 7) is 4.34. The van der Waals surface area contributed by atoms with Crippen LogP contribution in [0.3, 0.4) is 0 Å². The number of hydrogen-bond donors (Lipinski definition) is 0. The molecule has 136 valence electrons. The number of carbonyl (C=O) groups excluding carboxylic acids is 3. The summed E-state index contributed by atoms with van der Waals surface area (Å²) in [6, 6.07) is 3.91. The Morgan fingerprint density at radius 2 is 1.56 bits per heavy atom. The van der Waals surface area contributed by atoms with Crippen molar-refractivity contribution in [3.8, 4) is 0 Å². The number of amides is 1. The maximum Gasteiger partial charge on any atom is 0.340 e. The first kappa shape index (κ1) is 20.1. The number of hydrogen-bond acceptors (Lipinski definition) is 7. The highest BCUT2D eigenvalue weighted by atomic mass is 16.6. The molecule has 0 aliphatic rings. The molecule has 0 spiro atoms. The van der Waals surface area contributed by atoms with Crippen LogP contribution in [0.5, 0.6) is 0 Å². The number of benzene rings is 1. The minimum Gasteiger partial charge on any atom is -0.464 e. The van der Waals surface area contributed by atoms with Gasteiger partial charge in [0.2, 0.25) is 11.9 Å². The Hall–Kier alpha value is -2.97. The fraction of sp³-hybridized carbons (Fsp3) is 0.438. The van der Waals surface area contributed by atoms with Crippen molar-refractivity contribution in [2.45, 2.75) is 33.4 Å². The third-order valence-electron chi connectivity index (χ3n) is 3.24. The van der Waals surface area contributed by atoms with Gasteiger partial charge < -0.3 is 14.4 Å². The van der Waals surface area contributed by atoms with Gasteiger partial charge in [-0.2, -0.15) is 0 Å². The maximum atomic E-state index is 12.1. The van der Waals surface area contributed by atoms with E-state index in [1.165, 1.54) is 31.2 Å². The number of nitro benzene ring substituents is 1. The first-order chi connectivity index (χ1) is 11.8. The third-order valence-corrected chi connectivity index (χ3v) is 3.24. The van der Waals surface area contributed by atoms with Gasteiger partial charge in [0, 0.05) is 25.6 Å². The molecule has 0 bridgehead atoms. The topological polar surface area (TPSA) is 116 Å². The lowest BCUT2D eigenvalue weighted by Gasteiger charge is -2.27. The van der Waals surface area contributed by atoms with E-state index < -0.39 is 28.8 Å². The van der Waals surface area contributed by atoms with Crippen molar-refractivity contribution >= 4 is 23.5 Å². The molecule has 1 rings (SSSR count). The van der Waals surface area contributed by atoms with Crippen molar-refractivity contribution < 1.29 is 28.8 Å². The summed E-state index contributed by atoms with van der Waals surface area (Å²) < 4.78 is 9.74. The number of carbonyl (C=O) groups is 3. The van der Waals surface area contributed by atoms with Crippen molar-refractivity contribution in [2.24, 2.45) is 0 Å². The molecule has 0 atom stereocenters. The predicted molar refractivity (Wildman–Crippen MR) is 86.4 cm³/mol. The van der Waals surface area contributed by atoms with Gasteiger partial charge in [-0.3, -0.25) is 14.9 Å². The normalized spacial score (nSPS) is 10.2. The fourth-order valence-corrected chi connectivity index (χ4v) is 2.10. The van der Waals surface area contributed by atoms with Gasteiger partial charge in [-0.15, -0.1) is 0 Å². The summed E-state index contributed by atoms with van der Waals surface area (Å²) in [5.41, 5.74) is 0.407. The molecule has 0 unspecified atom stereocenters. The highest BCUT2D eigenvalue weighted by Crippen LogP contribution is 2.16. The molecule has 0 N–H and O–H groups in total. The molecule has 1 amide bonds. The van der Waals surface area contributed by atoms with Gasteiger partial charge in [-0.05, 0) is 19.4 Å². The van der Waals surface area contributed by atoms with E-state index in [0.717, 1.165) is 4.90 Å². The van der Waals surface area contributed by atoms with Crippen molar-refractivity contribution in [2.75, 3.05) is 13.2 Å². The van der Waals surface area contributed by atoms with Crippen LogP contribution < -0.4 is 0 Å². The average Bonchev–Trinajstić information content (AvgIpc) is 2.55.